The van der Waals surface area contributed by atoms with E-state index in [1.165, 1.54) is 5.56 Å². The fourth-order valence-corrected chi connectivity index (χ4v) is 1.59. The summed E-state index contributed by atoms with van der Waals surface area (Å²) in [6, 6.07) is 6.10. The Labute approximate surface area is 104 Å². The predicted molar refractivity (Wildman–Crippen MR) is 71.0 cm³/mol. The van der Waals surface area contributed by atoms with Crippen LogP contribution >= 0.6 is 0 Å². The number of nitrogens with one attached hydrogen (secondary N) is 1. The van der Waals surface area contributed by atoms with Crippen LogP contribution < -0.4 is 14.8 Å². The van der Waals surface area contributed by atoms with Gasteiger partial charge in [-0.25, -0.2) is 0 Å². The highest BCUT2D eigenvalue weighted by Crippen LogP contribution is 2.28. The first-order valence-corrected chi connectivity index (χ1v) is 6.32. The largest absolute Gasteiger partial charge is 0.493 e. The van der Waals surface area contributed by atoms with Crippen molar-refractivity contribution >= 4 is 0 Å². The second-order valence-corrected chi connectivity index (χ2v) is 3.94. The molecule has 1 aromatic carbocycles. The normalized spacial score (nSPS) is 10.3. The third kappa shape index (κ3) is 4.65. The van der Waals surface area contributed by atoms with E-state index in [0.717, 1.165) is 37.4 Å². The highest BCUT2D eigenvalue weighted by molar-refractivity contribution is 5.42. The van der Waals surface area contributed by atoms with Gasteiger partial charge < -0.3 is 14.8 Å². The van der Waals surface area contributed by atoms with Gasteiger partial charge in [0.15, 0.2) is 11.5 Å². The summed E-state index contributed by atoms with van der Waals surface area (Å²) >= 11 is 0. The zero-order valence-electron chi connectivity index (χ0n) is 11.1. The number of ether oxygens (including phenoxy) is 2. The van der Waals surface area contributed by atoms with Crippen molar-refractivity contribution in [1.29, 1.82) is 0 Å². The minimum atomic E-state index is 0.668. The maximum absolute atomic E-state index is 5.69. The molecule has 96 valence electrons. The van der Waals surface area contributed by atoms with Gasteiger partial charge >= 0.3 is 0 Å². The molecule has 0 heterocycles. The second-order valence-electron chi connectivity index (χ2n) is 3.94. The quantitative estimate of drug-likeness (QED) is 0.705. The predicted octanol–water partition coefficient (Wildman–Crippen LogP) is 2.64. The number of hydrogen-bond donors (Lipinski definition) is 1. The number of methoxy groups -OCH3 is 1. The minimum absolute atomic E-state index is 0.668. The van der Waals surface area contributed by atoms with Gasteiger partial charge in [-0.2, -0.15) is 0 Å². The average molecular weight is 237 g/mol. The van der Waals surface area contributed by atoms with Crippen LogP contribution in [0.4, 0.5) is 0 Å². The Hall–Kier alpha value is -1.22. The first-order chi connectivity index (χ1) is 8.31. The molecule has 17 heavy (non-hydrogen) atoms. The van der Waals surface area contributed by atoms with Crippen LogP contribution in [0.1, 0.15) is 25.8 Å². The van der Waals surface area contributed by atoms with Crippen LogP contribution in [0.5, 0.6) is 11.5 Å². The van der Waals surface area contributed by atoms with Crippen molar-refractivity contribution in [2.75, 3.05) is 26.8 Å². The van der Waals surface area contributed by atoms with E-state index in [0.29, 0.717) is 6.61 Å². The zero-order valence-corrected chi connectivity index (χ0v) is 11.1. The Morgan fingerprint density at radius 2 is 1.94 bits per heavy atom. The van der Waals surface area contributed by atoms with Crippen molar-refractivity contribution in [2.24, 2.45) is 0 Å². The van der Waals surface area contributed by atoms with Crippen LogP contribution in [0, 0.1) is 0 Å². The third-order valence-electron chi connectivity index (χ3n) is 2.60. The highest BCUT2D eigenvalue weighted by Gasteiger charge is 2.04. The molecule has 1 rings (SSSR count). The van der Waals surface area contributed by atoms with Crippen molar-refractivity contribution in [3.05, 3.63) is 23.8 Å². The monoisotopic (exact) mass is 237 g/mol. The molecule has 0 unspecified atom stereocenters. The fourth-order valence-electron chi connectivity index (χ4n) is 1.59. The summed E-state index contributed by atoms with van der Waals surface area (Å²) in [5, 5.41) is 3.30. The summed E-state index contributed by atoms with van der Waals surface area (Å²) in [7, 11) is 1.68. The molecule has 0 saturated carbocycles. The van der Waals surface area contributed by atoms with Gasteiger partial charge in [-0.05, 0) is 37.1 Å². The van der Waals surface area contributed by atoms with E-state index >= 15 is 0 Å². The van der Waals surface area contributed by atoms with Gasteiger partial charge in [0.1, 0.15) is 6.61 Å². The van der Waals surface area contributed by atoms with Crippen molar-refractivity contribution in [3.8, 4) is 11.5 Å². The van der Waals surface area contributed by atoms with Crippen molar-refractivity contribution < 1.29 is 9.47 Å². The molecular weight excluding hydrogens is 214 g/mol. The Morgan fingerprint density at radius 3 is 2.59 bits per heavy atom. The average Bonchev–Trinajstić information content (AvgIpc) is 2.38. The third-order valence-corrected chi connectivity index (χ3v) is 2.60. The van der Waals surface area contributed by atoms with Gasteiger partial charge in [-0.3, -0.25) is 0 Å². The molecule has 0 amide bonds. The van der Waals surface area contributed by atoms with Crippen molar-refractivity contribution in [2.45, 2.75) is 26.7 Å². The van der Waals surface area contributed by atoms with Crippen LogP contribution in [0.25, 0.3) is 0 Å². The lowest BCUT2D eigenvalue weighted by Gasteiger charge is -2.12. The Kier molecular flexibility index (Phi) is 6.48. The lowest BCUT2D eigenvalue weighted by molar-refractivity contribution is 0.292. The number of benzene rings is 1. The van der Waals surface area contributed by atoms with E-state index in [-0.39, 0.29) is 0 Å². The van der Waals surface area contributed by atoms with E-state index in [1.807, 2.05) is 12.1 Å². The Balaban J connectivity index is 2.46. The molecule has 0 aromatic heterocycles. The van der Waals surface area contributed by atoms with E-state index in [9.17, 15) is 0 Å². The standard InChI is InChI=1S/C14H23NO2/c1-4-8-15-9-10-17-13-7-6-12(5-2)11-14(13)16-3/h6-7,11,15H,4-5,8-10H2,1-3H3. The van der Waals surface area contributed by atoms with E-state index in [4.69, 9.17) is 9.47 Å². The molecule has 0 bridgehead atoms. The van der Waals surface area contributed by atoms with Crippen LogP contribution in [-0.2, 0) is 6.42 Å². The number of aryl methyl sites for hydroxylation is 1. The molecule has 1 N–H and O–H groups in total. The molecule has 0 radical (unpaired) electrons. The summed E-state index contributed by atoms with van der Waals surface area (Å²) in [5.41, 5.74) is 1.26. The van der Waals surface area contributed by atoms with Crippen molar-refractivity contribution in [3.63, 3.8) is 0 Å². The summed E-state index contributed by atoms with van der Waals surface area (Å²) in [4.78, 5) is 0. The van der Waals surface area contributed by atoms with E-state index in [2.05, 4.69) is 25.2 Å². The maximum Gasteiger partial charge on any atom is 0.161 e. The summed E-state index contributed by atoms with van der Waals surface area (Å²) in [6.07, 6.45) is 2.16. The van der Waals surface area contributed by atoms with Crippen molar-refractivity contribution in [1.82, 2.24) is 5.32 Å². The van der Waals surface area contributed by atoms with Gasteiger partial charge in [0.2, 0.25) is 0 Å². The molecule has 0 fully saturated rings. The Morgan fingerprint density at radius 1 is 1.12 bits per heavy atom. The van der Waals surface area contributed by atoms with Crippen LogP contribution in [0.2, 0.25) is 0 Å². The molecule has 0 aliphatic carbocycles. The maximum atomic E-state index is 5.69. The number of rotatable bonds is 8. The second kappa shape index (κ2) is 7.96. The lowest BCUT2D eigenvalue weighted by atomic mass is 10.1. The molecule has 0 aliphatic rings. The van der Waals surface area contributed by atoms with Gasteiger partial charge in [0, 0.05) is 6.54 Å². The highest BCUT2D eigenvalue weighted by atomic mass is 16.5. The van der Waals surface area contributed by atoms with Gasteiger partial charge in [0.25, 0.3) is 0 Å². The first kappa shape index (κ1) is 13.8. The molecule has 0 atom stereocenters. The zero-order chi connectivity index (χ0) is 12.5. The molecule has 0 aliphatic heterocycles. The summed E-state index contributed by atoms with van der Waals surface area (Å²) < 4.78 is 11.0. The van der Waals surface area contributed by atoms with E-state index < -0.39 is 0 Å². The molecule has 0 saturated heterocycles. The molecule has 3 heteroatoms. The smallest absolute Gasteiger partial charge is 0.161 e. The first-order valence-electron chi connectivity index (χ1n) is 6.32. The topological polar surface area (TPSA) is 30.5 Å². The number of hydrogen-bond acceptors (Lipinski definition) is 3. The molecular formula is C14H23NO2. The fraction of sp³-hybridized carbons (Fsp3) is 0.571. The van der Waals surface area contributed by atoms with Crippen LogP contribution in [0.3, 0.4) is 0 Å². The molecule has 3 nitrogen and oxygen atoms in total. The lowest BCUT2D eigenvalue weighted by Crippen LogP contribution is -2.21. The molecule has 1 aromatic rings. The van der Waals surface area contributed by atoms with Gasteiger partial charge in [-0.1, -0.05) is 19.9 Å². The van der Waals surface area contributed by atoms with Crippen LogP contribution in [-0.4, -0.2) is 26.8 Å². The Bertz CT molecular complexity index is 326. The summed E-state index contributed by atoms with van der Waals surface area (Å²) in [6.45, 7) is 6.86. The van der Waals surface area contributed by atoms with E-state index in [1.54, 1.807) is 7.11 Å². The minimum Gasteiger partial charge on any atom is -0.493 e. The molecule has 0 spiro atoms. The SMILES string of the molecule is CCCNCCOc1ccc(CC)cc1OC. The summed E-state index contributed by atoms with van der Waals surface area (Å²) in [5.74, 6) is 1.64. The van der Waals surface area contributed by atoms with Gasteiger partial charge in [0.05, 0.1) is 7.11 Å². The van der Waals surface area contributed by atoms with Crippen LogP contribution in [0.15, 0.2) is 18.2 Å². The van der Waals surface area contributed by atoms with Gasteiger partial charge in [-0.15, -0.1) is 0 Å².